The molecule has 12 nitrogen and oxygen atoms in total. The molecule has 292 valence electrons. The van der Waals surface area contributed by atoms with Crippen molar-refractivity contribution in [3.05, 3.63) is 89.5 Å². The summed E-state index contributed by atoms with van der Waals surface area (Å²) >= 11 is 0. The first kappa shape index (κ1) is 44.6. The number of anilines is 2. The van der Waals surface area contributed by atoms with Gasteiger partial charge in [0.05, 0.1) is 25.3 Å². The number of nitrogens with one attached hydrogen (secondary N) is 3. The standard InChI is InChI=1S/C36H37F6N5O7.Na.H/c1-20(2)16-27(30(50)43-26(18-29(48)49)23-11-6-5-7-12-23)47-31(51)34(35(37,38)39,36(40,41)42)46(33(47)53)19-22-14-15-25(28(17-22)54-4)45-32(52)44-24-13-9-8-10-21(24)3;;/h5-15,17,20,26-27H,16,18-19H2,1-4H3,(H,43,50)(H,48,49)(H2,44,45,52);;/q;+1;-1. The number of carbonyl (C=O) groups is 5. The largest absolute Gasteiger partial charge is 1.00 e. The number of imide groups is 1. The number of methoxy groups -OCH3 is 1. The van der Waals surface area contributed by atoms with Crippen LogP contribution in [0.2, 0.25) is 0 Å². The minimum Gasteiger partial charge on any atom is -1.00 e. The van der Waals surface area contributed by atoms with Crippen LogP contribution in [0.15, 0.2) is 72.8 Å². The number of nitrogens with zero attached hydrogens (tertiary/aromatic N) is 2. The van der Waals surface area contributed by atoms with E-state index in [2.05, 4.69) is 16.0 Å². The first-order chi connectivity index (χ1) is 25.2. The molecule has 3 aromatic carbocycles. The SMILES string of the molecule is COc1cc(CN2C(=O)N(C(CC(C)C)C(=O)NC(CC(=O)O)c3ccccc3)C(=O)C2(C(F)(F)F)C(F)(F)F)ccc1NC(=O)Nc1ccccc1C.[H-].[Na+]. The molecule has 3 aromatic rings. The minimum absolute atomic E-state index is 0. The molecule has 55 heavy (non-hydrogen) atoms. The average molecular weight is 790 g/mol. The second-order valence-corrected chi connectivity index (χ2v) is 12.9. The van der Waals surface area contributed by atoms with Crippen LogP contribution in [0.25, 0.3) is 0 Å². The number of halogens is 6. The molecule has 4 rings (SSSR count). The predicted molar refractivity (Wildman–Crippen MR) is 183 cm³/mol. The Labute approximate surface area is 335 Å². The zero-order chi connectivity index (χ0) is 40.2. The Morgan fingerprint density at radius 1 is 0.891 bits per heavy atom. The summed E-state index contributed by atoms with van der Waals surface area (Å²) in [5, 5.41) is 16.8. The van der Waals surface area contributed by atoms with Gasteiger partial charge >= 0.3 is 65.5 Å². The van der Waals surface area contributed by atoms with Gasteiger partial charge in [-0.15, -0.1) is 0 Å². The first-order valence-corrected chi connectivity index (χ1v) is 16.4. The van der Waals surface area contributed by atoms with E-state index in [0.29, 0.717) is 5.69 Å². The Hall–Kier alpha value is -4.81. The monoisotopic (exact) mass is 789 g/mol. The Kier molecular flexibility index (Phi) is 14.4. The van der Waals surface area contributed by atoms with Crippen molar-refractivity contribution in [2.24, 2.45) is 5.92 Å². The van der Waals surface area contributed by atoms with Crippen molar-refractivity contribution in [1.82, 2.24) is 15.1 Å². The second kappa shape index (κ2) is 17.8. The van der Waals surface area contributed by atoms with E-state index in [0.717, 1.165) is 30.9 Å². The van der Waals surface area contributed by atoms with Crippen LogP contribution in [0.3, 0.4) is 0 Å². The molecular formula is C36H38F6N5NaO7. The molecule has 1 aliphatic heterocycles. The molecule has 19 heteroatoms. The molecule has 0 spiro atoms. The molecule has 1 heterocycles. The van der Waals surface area contributed by atoms with Crippen LogP contribution in [0.5, 0.6) is 5.75 Å². The summed E-state index contributed by atoms with van der Waals surface area (Å²) in [6.07, 6.45) is -14.2. The number of rotatable bonds is 13. The molecule has 0 aromatic heterocycles. The molecule has 0 radical (unpaired) electrons. The van der Waals surface area contributed by atoms with Gasteiger partial charge < -0.3 is 27.2 Å². The van der Waals surface area contributed by atoms with Gasteiger partial charge in [-0.25, -0.2) is 14.5 Å². The number of hydrogen-bond donors (Lipinski definition) is 4. The van der Waals surface area contributed by atoms with Crippen LogP contribution in [-0.2, 0) is 20.9 Å². The van der Waals surface area contributed by atoms with Crippen molar-refractivity contribution < 1.29 is 91.1 Å². The molecule has 2 unspecified atom stereocenters. The van der Waals surface area contributed by atoms with Gasteiger partial charge in [0, 0.05) is 12.2 Å². The molecule has 0 aliphatic carbocycles. The van der Waals surface area contributed by atoms with Gasteiger partial charge in [0.2, 0.25) is 5.91 Å². The van der Waals surface area contributed by atoms with E-state index in [1.54, 1.807) is 37.3 Å². The summed E-state index contributed by atoms with van der Waals surface area (Å²) in [6.45, 7) is 3.20. The molecular weight excluding hydrogens is 751 g/mol. The number of ether oxygens (including phenoxy) is 1. The molecule has 0 saturated carbocycles. The number of amides is 6. The maximum Gasteiger partial charge on any atom is 1.00 e. The van der Waals surface area contributed by atoms with Crippen molar-refractivity contribution >= 4 is 41.2 Å². The minimum atomic E-state index is -6.44. The summed E-state index contributed by atoms with van der Waals surface area (Å²) in [5.41, 5.74) is -4.44. The third kappa shape index (κ3) is 9.53. The number of aryl methyl sites for hydroxylation is 1. The Bertz CT molecular complexity index is 1890. The van der Waals surface area contributed by atoms with E-state index >= 15 is 0 Å². The number of urea groups is 2. The van der Waals surface area contributed by atoms with Crippen molar-refractivity contribution in [3.63, 3.8) is 0 Å². The predicted octanol–water partition coefficient (Wildman–Crippen LogP) is 4.14. The van der Waals surface area contributed by atoms with Crippen molar-refractivity contribution in [3.8, 4) is 5.75 Å². The molecule has 1 fully saturated rings. The van der Waals surface area contributed by atoms with E-state index in [9.17, 15) is 55.4 Å². The molecule has 2 atom stereocenters. The van der Waals surface area contributed by atoms with E-state index in [-0.39, 0.29) is 58.4 Å². The molecule has 6 amide bonds. The fourth-order valence-corrected chi connectivity index (χ4v) is 6.09. The zero-order valence-corrected chi connectivity index (χ0v) is 32.3. The van der Waals surface area contributed by atoms with E-state index < -0.39 is 90.0 Å². The van der Waals surface area contributed by atoms with Crippen molar-refractivity contribution in [2.75, 3.05) is 17.7 Å². The van der Waals surface area contributed by atoms with Gasteiger partial charge in [-0.1, -0.05) is 68.4 Å². The van der Waals surface area contributed by atoms with Crippen LogP contribution >= 0.6 is 0 Å². The van der Waals surface area contributed by atoms with Crippen LogP contribution < -0.4 is 50.2 Å². The normalized spacial score (nSPS) is 15.3. The average Bonchev–Trinajstić information content (AvgIpc) is 3.30. The van der Waals surface area contributed by atoms with Crippen LogP contribution in [0, 0.1) is 12.8 Å². The van der Waals surface area contributed by atoms with Crippen LogP contribution in [-0.4, -0.2) is 75.8 Å². The fourth-order valence-electron chi connectivity index (χ4n) is 6.09. The van der Waals surface area contributed by atoms with Gasteiger partial charge in [0.15, 0.2) is 0 Å². The molecule has 0 bridgehead atoms. The molecule has 1 saturated heterocycles. The van der Waals surface area contributed by atoms with E-state index in [4.69, 9.17) is 4.74 Å². The van der Waals surface area contributed by atoms with Gasteiger partial charge in [-0.3, -0.25) is 19.3 Å². The number of alkyl halides is 6. The number of aliphatic carboxylic acids is 1. The summed E-state index contributed by atoms with van der Waals surface area (Å²) < 4.78 is 94.7. The Balaban J connectivity index is 0.00000541. The number of carbonyl (C=O) groups excluding carboxylic acids is 4. The molecule has 1 aliphatic rings. The van der Waals surface area contributed by atoms with E-state index in [1.807, 2.05) is 0 Å². The van der Waals surface area contributed by atoms with Crippen molar-refractivity contribution in [1.29, 1.82) is 0 Å². The van der Waals surface area contributed by atoms with Gasteiger partial charge in [-0.05, 0) is 54.2 Å². The molecule has 4 N–H and O–H groups in total. The Morgan fingerprint density at radius 3 is 2.02 bits per heavy atom. The van der Waals surface area contributed by atoms with Crippen LogP contribution in [0.4, 0.5) is 47.3 Å². The summed E-state index contributed by atoms with van der Waals surface area (Å²) in [7, 11) is 1.12. The quantitative estimate of drug-likeness (QED) is 0.115. The maximum absolute atomic E-state index is 14.9. The number of benzene rings is 3. The summed E-state index contributed by atoms with van der Waals surface area (Å²) in [5.74, 6) is -6.37. The number of hydrogen-bond acceptors (Lipinski definition) is 6. The second-order valence-electron chi connectivity index (χ2n) is 12.9. The van der Waals surface area contributed by atoms with Gasteiger partial charge in [0.1, 0.15) is 11.8 Å². The first-order valence-electron chi connectivity index (χ1n) is 16.4. The third-order valence-corrected chi connectivity index (χ3v) is 8.64. The fraction of sp³-hybridized carbons (Fsp3) is 0.361. The number of carboxylic acids is 1. The topological polar surface area (TPSA) is 157 Å². The summed E-state index contributed by atoms with van der Waals surface area (Å²) in [6, 6.07) is 11.0. The van der Waals surface area contributed by atoms with Gasteiger partial charge in [0.25, 0.3) is 5.91 Å². The number of para-hydroxylation sites is 1. The van der Waals surface area contributed by atoms with Gasteiger partial charge in [-0.2, -0.15) is 26.3 Å². The summed E-state index contributed by atoms with van der Waals surface area (Å²) in [4.78, 5) is 64.7. The van der Waals surface area contributed by atoms with E-state index in [1.165, 1.54) is 38.1 Å². The van der Waals surface area contributed by atoms with Crippen molar-refractivity contribution in [2.45, 2.75) is 70.1 Å². The smallest absolute Gasteiger partial charge is 1.00 e. The third-order valence-electron chi connectivity index (χ3n) is 8.64. The maximum atomic E-state index is 14.9. The van der Waals surface area contributed by atoms with Crippen LogP contribution in [0.1, 0.15) is 50.8 Å². The zero-order valence-electron chi connectivity index (χ0n) is 31.3. The number of carboxylic acid groups (broad SMARTS) is 1. The Morgan fingerprint density at radius 2 is 1.47 bits per heavy atom.